The number of benzene rings is 1. The van der Waals surface area contributed by atoms with E-state index in [9.17, 15) is 9.59 Å². The summed E-state index contributed by atoms with van der Waals surface area (Å²) in [5.41, 5.74) is 2.33. The van der Waals surface area contributed by atoms with Gasteiger partial charge in [0.15, 0.2) is 0 Å². The Hall–Kier alpha value is -2.14. The van der Waals surface area contributed by atoms with Crippen LogP contribution in [0, 0.1) is 0 Å². The van der Waals surface area contributed by atoms with Gasteiger partial charge in [0.1, 0.15) is 5.00 Å². The van der Waals surface area contributed by atoms with E-state index >= 15 is 0 Å². The van der Waals surface area contributed by atoms with Gasteiger partial charge >= 0.3 is 0 Å². The summed E-state index contributed by atoms with van der Waals surface area (Å²) in [4.78, 5) is 25.6. The fraction of sp³-hybridized carbons (Fsp3) is 0.250. The average Bonchev–Trinajstić information content (AvgIpc) is 3.07. The third-order valence-electron chi connectivity index (χ3n) is 3.64. The van der Waals surface area contributed by atoms with Gasteiger partial charge in [0, 0.05) is 17.5 Å². The summed E-state index contributed by atoms with van der Waals surface area (Å²) in [6.45, 7) is 0. The van der Waals surface area contributed by atoms with Gasteiger partial charge < -0.3 is 10.6 Å². The standard InChI is InChI=1S/C16H16N2O2S/c1-17-15(20)13-11-8-5-9-12(11)21-16(13)18-14(19)10-6-3-2-4-7-10/h2-4,6-7H,5,8-9H2,1H3,(H,17,20)(H,18,19). The zero-order valence-electron chi connectivity index (χ0n) is 11.7. The Morgan fingerprint density at radius 1 is 1.10 bits per heavy atom. The summed E-state index contributed by atoms with van der Waals surface area (Å²) in [6, 6.07) is 9.03. The molecule has 0 saturated heterocycles. The Balaban J connectivity index is 1.92. The highest BCUT2D eigenvalue weighted by molar-refractivity contribution is 7.17. The molecule has 0 unspecified atom stereocenters. The van der Waals surface area contributed by atoms with Gasteiger partial charge in [-0.15, -0.1) is 11.3 Å². The first kappa shape index (κ1) is 13.8. The van der Waals surface area contributed by atoms with Crippen LogP contribution < -0.4 is 10.6 Å². The van der Waals surface area contributed by atoms with Crippen LogP contribution >= 0.6 is 11.3 Å². The normalized spacial score (nSPS) is 12.8. The number of amides is 2. The first-order valence-electron chi connectivity index (χ1n) is 6.93. The number of carbonyl (C=O) groups excluding carboxylic acids is 2. The van der Waals surface area contributed by atoms with Crippen LogP contribution in [0.5, 0.6) is 0 Å². The molecule has 3 rings (SSSR count). The lowest BCUT2D eigenvalue weighted by molar-refractivity contribution is 0.0963. The summed E-state index contributed by atoms with van der Waals surface area (Å²) < 4.78 is 0. The van der Waals surface area contributed by atoms with Crippen molar-refractivity contribution < 1.29 is 9.59 Å². The minimum absolute atomic E-state index is 0.127. The molecular weight excluding hydrogens is 284 g/mol. The second kappa shape index (κ2) is 5.69. The van der Waals surface area contributed by atoms with Gasteiger partial charge in [-0.3, -0.25) is 9.59 Å². The quantitative estimate of drug-likeness (QED) is 0.915. The van der Waals surface area contributed by atoms with Crippen LogP contribution in [0.3, 0.4) is 0 Å². The second-order valence-corrected chi connectivity index (χ2v) is 6.07. The van der Waals surface area contributed by atoms with Crippen LogP contribution in [0.4, 0.5) is 5.00 Å². The molecule has 0 spiro atoms. The van der Waals surface area contributed by atoms with Crippen molar-refractivity contribution in [3.8, 4) is 0 Å². The molecular formula is C16H16N2O2S. The largest absolute Gasteiger partial charge is 0.355 e. The Morgan fingerprint density at radius 2 is 1.86 bits per heavy atom. The van der Waals surface area contributed by atoms with E-state index in [1.165, 1.54) is 16.2 Å². The maximum Gasteiger partial charge on any atom is 0.256 e. The monoisotopic (exact) mass is 300 g/mol. The lowest BCUT2D eigenvalue weighted by atomic mass is 10.1. The first-order valence-corrected chi connectivity index (χ1v) is 7.75. The lowest BCUT2D eigenvalue weighted by Crippen LogP contribution is -2.21. The van der Waals surface area contributed by atoms with E-state index < -0.39 is 0 Å². The number of anilines is 1. The average molecular weight is 300 g/mol. The zero-order valence-corrected chi connectivity index (χ0v) is 12.5. The van der Waals surface area contributed by atoms with Gasteiger partial charge in [-0.05, 0) is 37.0 Å². The molecule has 1 aliphatic rings. The van der Waals surface area contributed by atoms with Crippen LogP contribution in [0.15, 0.2) is 30.3 Å². The molecule has 0 atom stereocenters. The fourth-order valence-electron chi connectivity index (χ4n) is 2.62. The fourth-order valence-corrected chi connectivity index (χ4v) is 3.90. The molecule has 0 fully saturated rings. The van der Waals surface area contributed by atoms with E-state index in [4.69, 9.17) is 0 Å². The van der Waals surface area contributed by atoms with Crippen molar-refractivity contribution in [1.29, 1.82) is 0 Å². The van der Waals surface area contributed by atoms with Crippen molar-refractivity contribution in [1.82, 2.24) is 5.32 Å². The number of fused-ring (bicyclic) bond motifs is 1. The Kier molecular flexibility index (Phi) is 3.75. The highest BCUT2D eigenvalue weighted by Crippen LogP contribution is 2.39. The second-order valence-electron chi connectivity index (χ2n) is 4.96. The predicted molar refractivity (Wildman–Crippen MR) is 84.1 cm³/mol. The number of aryl methyl sites for hydroxylation is 1. The van der Waals surface area contributed by atoms with Crippen molar-refractivity contribution in [3.05, 3.63) is 51.9 Å². The van der Waals surface area contributed by atoms with Crippen molar-refractivity contribution in [3.63, 3.8) is 0 Å². The van der Waals surface area contributed by atoms with E-state index in [1.54, 1.807) is 19.2 Å². The number of hydrogen-bond donors (Lipinski definition) is 2. The maximum absolute atomic E-state index is 12.3. The van der Waals surface area contributed by atoms with Crippen molar-refractivity contribution >= 4 is 28.2 Å². The summed E-state index contributed by atoms with van der Waals surface area (Å²) in [5.74, 6) is -0.307. The van der Waals surface area contributed by atoms with Gasteiger partial charge in [-0.1, -0.05) is 18.2 Å². The van der Waals surface area contributed by atoms with E-state index in [0.717, 1.165) is 24.8 Å². The summed E-state index contributed by atoms with van der Waals surface area (Å²) >= 11 is 1.52. The Morgan fingerprint density at radius 3 is 2.57 bits per heavy atom. The topological polar surface area (TPSA) is 58.2 Å². The molecule has 0 radical (unpaired) electrons. The highest BCUT2D eigenvalue weighted by Gasteiger charge is 2.26. The summed E-state index contributed by atoms with van der Waals surface area (Å²) in [5, 5.41) is 6.22. The molecule has 2 amide bonds. The van der Waals surface area contributed by atoms with Gasteiger partial charge in [0.25, 0.3) is 11.8 Å². The molecule has 108 valence electrons. The Labute approximate surface area is 127 Å². The van der Waals surface area contributed by atoms with Crippen LogP contribution in [0.2, 0.25) is 0 Å². The molecule has 4 nitrogen and oxygen atoms in total. The minimum atomic E-state index is -0.180. The van der Waals surface area contributed by atoms with Gasteiger partial charge in [0.05, 0.1) is 5.56 Å². The van der Waals surface area contributed by atoms with Crippen LogP contribution in [0.1, 0.15) is 37.6 Å². The maximum atomic E-state index is 12.3. The predicted octanol–water partition coefficient (Wildman–Crippen LogP) is 2.85. The number of carbonyl (C=O) groups is 2. The Bertz CT molecular complexity index is 692. The zero-order chi connectivity index (χ0) is 14.8. The van der Waals surface area contributed by atoms with Crippen LogP contribution in [0.25, 0.3) is 0 Å². The number of hydrogen-bond acceptors (Lipinski definition) is 3. The van der Waals surface area contributed by atoms with E-state index in [2.05, 4.69) is 10.6 Å². The van der Waals surface area contributed by atoms with E-state index in [1.807, 2.05) is 18.2 Å². The minimum Gasteiger partial charge on any atom is -0.355 e. The molecule has 1 heterocycles. The lowest BCUT2D eigenvalue weighted by Gasteiger charge is -2.07. The molecule has 2 aromatic rings. The van der Waals surface area contributed by atoms with Gasteiger partial charge in [-0.25, -0.2) is 0 Å². The summed E-state index contributed by atoms with van der Waals surface area (Å²) in [6.07, 6.45) is 2.99. The van der Waals surface area contributed by atoms with Crippen molar-refractivity contribution in [2.24, 2.45) is 0 Å². The van der Waals surface area contributed by atoms with E-state index in [0.29, 0.717) is 16.1 Å². The number of nitrogens with one attached hydrogen (secondary N) is 2. The third kappa shape index (κ3) is 2.56. The van der Waals surface area contributed by atoms with Crippen LogP contribution in [-0.2, 0) is 12.8 Å². The molecule has 0 aliphatic heterocycles. The SMILES string of the molecule is CNC(=O)c1c(NC(=O)c2ccccc2)sc2c1CCC2. The van der Waals surface area contributed by atoms with Crippen LogP contribution in [-0.4, -0.2) is 18.9 Å². The van der Waals surface area contributed by atoms with Crippen molar-refractivity contribution in [2.45, 2.75) is 19.3 Å². The molecule has 1 aromatic carbocycles. The molecule has 0 saturated carbocycles. The molecule has 2 N–H and O–H groups in total. The smallest absolute Gasteiger partial charge is 0.256 e. The highest BCUT2D eigenvalue weighted by atomic mass is 32.1. The number of thiophene rings is 1. The molecule has 21 heavy (non-hydrogen) atoms. The molecule has 1 aliphatic carbocycles. The molecule has 1 aromatic heterocycles. The van der Waals surface area contributed by atoms with Crippen molar-refractivity contribution in [2.75, 3.05) is 12.4 Å². The van der Waals surface area contributed by atoms with Gasteiger partial charge in [-0.2, -0.15) is 0 Å². The molecule has 0 bridgehead atoms. The number of rotatable bonds is 3. The summed E-state index contributed by atoms with van der Waals surface area (Å²) in [7, 11) is 1.62. The third-order valence-corrected chi connectivity index (χ3v) is 4.85. The van der Waals surface area contributed by atoms with Gasteiger partial charge in [0.2, 0.25) is 0 Å². The first-order chi connectivity index (χ1) is 10.2. The molecule has 5 heteroatoms. The van der Waals surface area contributed by atoms with E-state index in [-0.39, 0.29) is 11.8 Å².